The summed E-state index contributed by atoms with van der Waals surface area (Å²) in [5.74, 6) is 0. The first-order chi connectivity index (χ1) is 11.3. The van der Waals surface area contributed by atoms with Gasteiger partial charge in [0.1, 0.15) is 0 Å². The molecule has 0 spiro atoms. The first kappa shape index (κ1) is 17.4. The van der Waals surface area contributed by atoms with E-state index in [1.54, 1.807) is 14.2 Å². The summed E-state index contributed by atoms with van der Waals surface area (Å²) in [7, 11) is 1.28. The smallest absolute Gasteiger partial charge is 0.345 e. The van der Waals surface area contributed by atoms with Crippen LogP contribution in [0.3, 0.4) is 0 Å². The van der Waals surface area contributed by atoms with Gasteiger partial charge < -0.3 is 8.85 Å². The van der Waals surface area contributed by atoms with E-state index in [0.29, 0.717) is 0 Å². The van der Waals surface area contributed by atoms with Crippen molar-refractivity contribution in [2.24, 2.45) is 0 Å². The fraction of sp³-hybridized carbons (Fsp3) is 0.200. The van der Waals surface area contributed by atoms with Crippen LogP contribution in [0.5, 0.6) is 0 Å². The second-order valence-corrected chi connectivity index (χ2v) is 8.81. The molecule has 0 amide bonds. The molecule has 3 heteroatoms. The van der Waals surface area contributed by atoms with Gasteiger partial charge in [-0.25, -0.2) is 0 Å². The Labute approximate surface area is 140 Å². The third-order valence-electron chi connectivity index (χ3n) is 3.82. The molecule has 0 N–H and O–H groups in total. The van der Waals surface area contributed by atoms with E-state index in [1.165, 1.54) is 11.1 Å². The predicted molar refractivity (Wildman–Crippen MR) is 100 cm³/mol. The Morgan fingerprint density at radius 1 is 0.696 bits per heavy atom. The molecule has 0 saturated heterocycles. The molecular weight excluding hydrogens is 300 g/mol. The minimum absolute atomic E-state index is 0.827. The van der Waals surface area contributed by atoms with Crippen molar-refractivity contribution in [2.45, 2.75) is 12.1 Å². The molecule has 2 aromatic carbocycles. The molecule has 2 nitrogen and oxygen atoms in total. The lowest BCUT2D eigenvalue weighted by Gasteiger charge is -2.24. The van der Waals surface area contributed by atoms with Gasteiger partial charge in [0, 0.05) is 26.3 Å². The maximum absolute atomic E-state index is 5.78. The molecule has 0 aliphatic carbocycles. The van der Waals surface area contributed by atoms with Crippen LogP contribution in [0.1, 0.15) is 11.1 Å². The quantitative estimate of drug-likeness (QED) is 0.625. The zero-order chi connectivity index (χ0) is 16.4. The van der Waals surface area contributed by atoms with Crippen molar-refractivity contribution in [1.82, 2.24) is 0 Å². The fourth-order valence-corrected chi connectivity index (χ4v) is 4.33. The Kier molecular flexibility index (Phi) is 7.00. The summed E-state index contributed by atoms with van der Waals surface area (Å²) in [5.41, 5.74) is 2.39. The highest BCUT2D eigenvalue weighted by atomic mass is 28.4. The second kappa shape index (κ2) is 9.25. The number of hydrogen-bond acceptors (Lipinski definition) is 2. The second-order valence-electron chi connectivity index (χ2n) is 5.35. The minimum Gasteiger partial charge on any atom is -0.397 e. The summed E-state index contributed by atoms with van der Waals surface area (Å²) in [6.07, 6.45) is 8.57. The van der Waals surface area contributed by atoms with Gasteiger partial charge in [-0.1, -0.05) is 85.0 Å². The van der Waals surface area contributed by atoms with Gasteiger partial charge in [-0.15, -0.1) is 0 Å². The van der Waals surface area contributed by atoms with Crippen LogP contribution in [-0.2, 0) is 8.85 Å². The van der Waals surface area contributed by atoms with E-state index >= 15 is 0 Å². The van der Waals surface area contributed by atoms with Crippen molar-refractivity contribution in [3.05, 3.63) is 83.9 Å². The van der Waals surface area contributed by atoms with Crippen LogP contribution in [0.15, 0.2) is 72.8 Å². The van der Waals surface area contributed by atoms with Crippen LogP contribution in [0.4, 0.5) is 0 Å². The maximum atomic E-state index is 5.78. The van der Waals surface area contributed by atoms with Crippen LogP contribution < -0.4 is 0 Å². The molecule has 2 aromatic rings. The Hall–Kier alpha value is -1.94. The van der Waals surface area contributed by atoms with Crippen molar-refractivity contribution in [3.63, 3.8) is 0 Å². The molecule has 0 aromatic heterocycles. The van der Waals surface area contributed by atoms with Gasteiger partial charge in [-0.05, 0) is 11.1 Å². The van der Waals surface area contributed by atoms with E-state index in [-0.39, 0.29) is 0 Å². The third kappa shape index (κ3) is 5.64. The zero-order valence-corrected chi connectivity index (χ0v) is 14.8. The van der Waals surface area contributed by atoms with E-state index in [4.69, 9.17) is 8.85 Å². The topological polar surface area (TPSA) is 18.5 Å². The molecule has 0 bridgehead atoms. The fourth-order valence-electron chi connectivity index (χ4n) is 2.38. The summed E-state index contributed by atoms with van der Waals surface area (Å²) < 4.78 is 11.6. The predicted octanol–water partition coefficient (Wildman–Crippen LogP) is 5.15. The van der Waals surface area contributed by atoms with Gasteiger partial charge in [0.2, 0.25) is 0 Å². The highest BCUT2D eigenvalue weighted by Crippen LogP contribution is 2.20. The van der Waals surface area contributed by atoms with Crippen LogP contribution in [0, 0.1) is 0 Å². The minimum atomic E-state index is -2.22. The van der Waals surface area contributed by atoms with Gasteiger partial charge in [0.25, 0.3) is 0 Å². The standard InChI is InChI=1S/C20H24O2Si/c1-21-23(22-2,17-9-15-19-11-5-3-6-12-19)18-10-16-20-13-7-4-8-14-20/h3-16H,17-18H2,1-2H3/b15-9+,16-10+. The Morgan fingerprint density at radius 3 is 1.43 bits per heavy atom. The zero-order valence-electron chi connectivity index (χ0n) is 13.8. The molecule has 0 aliphatic rings. The highest BCUT2D eigenvalue weighted by Gasteiger charge is 2.32. The Bertz CT molecular complexity index is 563. The van der Waals surface area contributed by atoms with Gasteiger partial charge in [-0.2, -0.15) is 0 Å². The monoisotopic (exact) mass is 324 g/mol. The van der Waals surface area contributed by atoms with Gasteiger partial charge in [0.05, 0.1) is 0 Å². The first-order valence-electron chi connectivity index (χ1n) is 7.81. The summed E-state index contributed by atoms with van der Waals surface area (Å²) in [5, 5.41) is 0. The van der Waals surface area contributed by atoms with E-state index < -0.39 is 8.56 Å². The van der Waals surface area contributed by atoms with Crippen molar-refractivity contribution in [1.29, 1.82) is 0 Å². The summed E-state index contributed by atoms with van der Waals surface area (Å²) in [4.78, 5) is 0. The average molecular weight is 324 g/mol. The molecule has 0 radical (unpaired) electrons. The maximum Gasteiger partial charge on any atom is 0.345 e. The molecule has 0 atom stereocenters. The number of benzene rings is 2. The van der Waals surface area contributed by atoms with Crippen LogP contribution >= 0.6 is 0 Å². The SMILES string of the molecule is CO[Si](C/C=C/c1ccccc1)(C/C=C/c1ccccc1)OC. The molecule has 0 unspecified atom stereocenters. The lowest BCUT2D eigenvalue weighted by molar-refractivity contribution is 0.249. The van der Waals surface area contributed by atoms with Crippen LogP contribution in [0.25, 0.3) is 12.2 Å². The van der Waals surface area contributed by atoms with Crippen molar-refractivity contribution in [3.8, 4) is 0 Å². The largest absolute Gasteiger partial charge is 0.397 e. The summed E-state index contributed by atoms with van der Waals surface area (Å²) >= 11 is 0. The van der Waals surface area contributed by atoms with E-state index in [9.17, 15) is 0 Å². The molecule has 120 valence electrons. The lowest BCUT2D eigenvalue weighted by atomic mass is 10.2. The van der Waals surface area contributed by atoms with Crippen LogP contribution in [0.2, 0.25) is 12.1 Å². The van der Waals surface area contributed by atoms with E-state index in [2.05, 4.69) is 48.6 Å². The molecule has 23 heavy (non-hydrogen) atoms. The molecule has 0 fully saturated rings. The summed E-state index contributed by atoms with van der Waals surface area (Å²) in [6.45, 7) is 0. The van der Waals surface area contributed by atoms with Gasteiger partial charge in [-0.3, -0.25) is 0 Å². The van der Waals surface area contributed by atoms with E-state index in [0.717, 1.165) is 12.1 Å². The average Bonchev–Trinajstić information content (AvgIpc) is 2.62. The Morgan fingerprint density at radius 2 is 1.09 bits per heavy atom. The molecule has 0 saturated carbocycles. The molecule has 0 aliphatic heterocycles. The van der Waals surface area contributed by atoms with Crippen molar-refractivity contribution >= 4 is 20.7 Å². The van der Waals surface area contributed by atoms with Crippen LogP contribution in [-0.4, -0.2) is 22.8 Å². The third-order valence-corrected chi connectivity index (χ3v) is 7.02. The number of allylic oxidation sites excluding steroid dienone is 2. The summed E-state index contributed by atoms with van der Waals surface area (Å²) in [6, 6.07) is 22.2. The highest BCUT2D eigenvalue weighted by molar-refractivity contribution is 6.68. The number of rotatable bonds is 8. The van der Waals surface area contributed by atoms with Gasteiger partial charge in [0.15, 0.2) is 0 Å². The first-order valence-corrected chi connectivity index (χ1v) is 10.0. The van der Waals surface area contributed by atoms with Crippen molar-refractivity contribution in [2.75, 3.05) is 14.2 Å². The molecular formula is C20H24O2Si. The normalized spacial score (nSPS) is 12.3. The molecule has 0 heterocycles. The van der Waals surface area contributed by atoms with Gasteiger partial charge >= 0.3 is 8.56 Å². The lowest BCUT2D eigenvalue weighted by Crippen LogP contribution is -2.38. The number of hydrogen-bond donors (Lipinski definition) is 0. The van der Waals surface area contributed by atoms with Crippen molar-refractivity contribution < 1.29 is 8.85 Å². The Balaban J connectivity index is 1.98. The van der Waals surface area contributed by atoms with E-state index in [1.807, 2.05) is 36.4 Å². The molecule has 2 rings (SSSR count).